The Morgan fingerprint density at radius 3 is 2.76 bits per heavy atom. The molecule has 0 fully saturated rings. The van der Waals surface area contributed by atoms with Crippen molar-refractivity contribution in [3.63, 3.8) is 0 Å². The van der Waals surface area contributed by atoms with Crippen LogP contribution in [0.1, 0.15) is 21.6 Å². The van der Waals surface area contributed by atoms with E-state index in [9.17, 15) is 14.3 Å². The molecule has 0 unspecified atom stereocenters. The molecule has 2 N–H and O–H groups in total. The van der Waals surface area contributed by atoms with Crippen molar-refractivity contribution < 1.29 is 19.0 Å². The molecule has 0 saturated heterocycles. The standard InChI is InChI=1S/C20H16FNO3/c1-25-14-9-12(8-13(21)10-14)17-16-7-6-11-4-2-3-5-15(11)18(16)22-19(17)20(23)24/h2-5,8-10,22H,6-7H2,1H3,(H,23,24). The summed E-state index contributed by atoms with van der Waals surface area (Å²) >= 11 is 0. The highest BCUT2D eigenvalue weighted by Crippen LogP contribution is 2.41. The smallest absolute Gasteiger partial charge is 0.352 e. The van der Waals surface area contributed by atoms with Crippen molar-refractivity contribution in [3.8, 4) is 28.1 Å². The SMILES string of the molecule is COc1cc(F)cc(-c2c(C(=O)O)[nH]c3c2CCc2ccccc2-3)c1. The monoisotopic (exact) mass is 337 g/mol. The fourth-order valence-electron chi connectivity index (χ4n) is 3.56. The van der Waals surface area contributed by atoms with E-state index < -0.39 is 11.8 Å². The Bertz CT molecular complexity index is 991. The molecular formula is C20H16FNO3. The molecule has 0 saturated carbocycles. The minimum absolute atomic E-state index is 0.0781. The topological polar surface area (TPSA) is 62.3 Å². The maximum absolute atomic E-state index is 14.0. The van der Waals surface area contributed by atoms with Crippen LogP contribution in [-0.2, 0) is 12.8 Å². The van der Waals surface area contributed by atoms with E-state index in [-0.39, 0.29) is 5.69 Å². The van der Waals surface area contributed by atoms with Crippen LogP contribution in [0.2, 0.25) is 0 Å². The second kappa shape index (κ2) is 5.77. The number of carbonyl (C=O) groups is 1. The molecule has 0 atom stereocenters. The first-order valence-electron chi connectivity index (χ1n) is 8.00. The van der Waals surface area contributed by atoms with Gasteiger partial charge in [0, 0.05) is 17.2 Å². The van der Waals surface area contributed by atoms with Crippen LogP contribution in [0.3, 0.4) is 0 Å². The number of carboxylic acid groups (broad SMARTS) is 1. The first-order chi connectivity index (χ1) is 12.1. The maximum Gasteiger partial charge on any atom is 0.352 e. The van der Waals surface area contributed by atoms with E-state index in [0.717, 1.165) is 23.2 Å². The summed E-state index contributed by atoms with van der Waals surface area (Å²) in [5, 5.41) is 9.66. The van der Waals surface area contributed by atoms with Crippen molar-refractivity contribution in [2.75, 3.05) is 7.11 Å². The van der Waals surface area contributed by atoms with Crippen LogP contribution in [-0.4, -0.2) is 23.2 Å². The van der Waals surface area contributed by atoms with Gasteiger partial charge in [0.15, 0.2) is 0 Å². The van der Waals surface area contributed by atoms with Crippen LogP contribution >= 0.6 is 0 Å². The van der Waals surface area contributed by atoms with Gasteiger partial charge in [-0.3, -0.25) is 0 Å². The Hall–Kier alpha value is -3.08. The summed E-state index contributed by atoms with van der Waals surface area (Å²) in [6.07, 6.45) is 1.52. The Balaban J connectivity index is 2.00. The van der Waals surface area contributed by atoms with E-state index in [0.29, 0.717) is 23.3 Å². The van der Waals surface area contributed by atoms with Crippen molar-refractivity contribution in [1.82, 2.24) is 4.98 Å². The fraction of sp³-hybridized carbons (Fsp3) is 0.150. The Morgan fingerprint density at radius 2 is 2.00 bits per heavy atom. The second-order valence-corrected chi connectivity index (χ2v) is 6.07. The first-order valence-corrected chi connectivity index (χ1v) is 8.00. The largest absolute Gasteiger partial charge is 0.497 e. The van der Waals surface area contributed by atoms with Crippen LogP contribution in [0.5, 0.6) is 5.75 Å². The van der Waals surface area contributed by atoms with Gasteiger partial charge in [0.1, 0.15) is 17.3 Å². The highest BCUT2D eigenvalue weighted by Gasteiger charge is 2.27. The average molecular weight is 337 g/mol. The molecule has 0 radical (unpaired) electrons. The van der Waals surface area contributed by atoms with Crippen molar-refractivity contribution in [3.05, 3.63) is 65.1 Å². The molecule has 2 aromatic carbocycles. The number of halogens is 1. The highest BCUT2D eigenvalue weighted by atomic mass is 19.1. The lowest BCUT2D eigenvalue weighted by atomic mass is 9.86. The number of hydrogen-bond donors (Lipinski definition) is 2. The van der Waals surface area contributed by atoms with Gasteiger partial charge in [-0.15, -0.1) is 0 Å². The van der Waals surface area contributed by atoms with Gasteiger partial charge in [0.25, 0.3) is 0 Å². The Morgan fingerprint density at radius 1 is 1.20 bits per heavy atom. The zero-order valence-electron chi connectivity index (χ0n) is 13.6. The number of aryl methyl sites for hydroxylation is 1. The number of aromatic carboxylic acids is 1. The first kappa shape index (κ1) is 15.4. The zero-order valence-corrected chi connectivity index (χ0v) is 13.6. The molecule has 4 rings (SSSR count). The number of methoxy groups -OCH3 is 1. The molecule has 0 spiro atoms. The van der Waals surface area contributed by atoms with Gasteiger partial charge < -0.3 is 14.8 Å². The van der Waals surface area contributed by atoms with Gasteiger partial charge in [0.2, 0.25) is 0 Å². The third-order valence-corrected chi connectivity index (χ3v) is 4.64. The van der Waals surface area contributed by atoms with Crippen molar-refractivity contribution in [1.29, 1.82) is 0 Å². The number of nitrogens with one attached hydrogen (secondary N) is 1. The summed E-state index contributed by atoms with van der Waals surface area (Å²) in [6, 6.07) is 12.2. The number of hydrogen-bond acceptors (Lipinski definition) is 2. The molecule has 0 bridgehead atoms. The predicted octanol–water partition coefficient (Wildman–Crippen LogP) is 4.29. The number of rotatable bonds is 3. The molecule has 1 aromatic heterocycles. The lowest BCUT2D eigenvalue weighted by molar-refractivity contribution is 0.0692. The Kier molecular flexibility index (Phi) is 3.57. The van der Waals surface area contributed by atoms with E-state index in [1.54, 1.807) is 6.07 Å². The van der Waals surface area contributed by atoms with E-state index in [1.165, 1.54) is 24.8 Å². The summed E-state index contributed by atoms with van der Waals surface area (Å²) in [5.41, 5.74) is 5.01. The molecule has 0 amide bonds. The van der Waals surface area contributed by atoms with Crippen molar-refractivity contribution >= 4 is 5.97 Å². The summed E-state index contributed by atoms with van der Waals surface area (Å²) in [7, 11) is 1.46. The molecule has 1 aliphatic carbocycles. The van der Waals surface area contributed by atoms with Crippen LogP contribution in [0.25, 0.3) is 22.4 Å². The zero-order chi connectivity index (χ0) is 17.6. The number of benzene rings is 2. The molecule has 0 aliphatic heterocycles. The average Bonchev–Trinajstić information content (AvgIpc) is 3.01. The fourth-order valence-corrected chi connectivity index (χ4v) is 3.56. The highest BCUT2D eigenvalue weighted by molar-refractivity contribution is 5.99. The predicted molar refractivity (Wildman–Crippen MR) is 92.5 cm³/mol. The number of carboxylic acids is 1. The van der Waals surface area contributed by atoms with Gasteiger partial charge in [-0.2, -0.15) is 0 Å². The summed E-state index contributed by atoms with van der Waals surface area (Å²) in [6.45, 7) is 0. The van der Waals surface area contributed by atoms with Crippen LogP contribution < -0.4 is 4.74 Å². The molecule has 3 aromatic rings. The van der Waals surface area contributed by atoms with E-state index in [2.05, 4.69) is 4.98 Å². The second-order valence-electron chi connectivity index (χ2n) is 6.07. The molecular weight excluding hydrogens is 321 g/mol. The van der Waals surface area contributed by atoms with E-state index >= 15 is 0 Å². The maximum atomic E-state index is 14.0. The quantitative estimate of drug-likeness (QED) is 0.749. The van der Waals surface area contributed by atoms with Gasteiger partial charge in [-0.25, -0.2) is 9.18 Å². The number of fused-ring (bicyclic) bond motifs is 3. The lowest BCUT2D eigenvalue weighted by Crippen LogP contribution is -2.03. The van der Waals surface area contributed by atoms with E-state index in [4.69, 9.17) is 4.74 Å². The number of H-pyrrole nitrogens is 1. The number of ether oxygens (including phenoxy) is 1. The van der Waals surface area contributed by atoms with Crippen LogP contribution in [0.15, 0.2) is 42.5 Å². The number of aromatic nitrogens is 1. The van der Waals surface area contributed by atoms with E-state index in [1.807, 2.05) is 24.3 Å². The molecule has 5 heteroatoms. The Labute approximate surface area is 143 Å². The van der Waals surface area contributed by atoms with Crippen molar-refractivity contribution in [2.24, 2.45) is 0 Å². The lowest BCUT2D eigenvalue weighted by Gasteiger charge is -2.17. The molecule has 25 heavy (non-hydrogen) atoms. The summed E-state index contributed by atoms with van der Waals surface area (Å²) in [5.74, 6) is -1.17. The minimum atomic E-state index is -1.06. The van der Waals surface area contributed by atoms with Crippen LogP contribution in [0, 0.1) is 5.82 Å². The molecule has 1 heterocycles. The third kappa shape index (κ3) is 2.48. The van der Waals surface area contributed by atoms with Gasteiger partial charge >= 0.3 is 5.97 Å². The summed E-state index contributed by atoms with van der Waals surface area (Å²) < 4.78 is 19.1. The minimum Gasteiger partial charge on any atom is -0.497 e. The molecule has 4 nitrogen and oxygen atoms in total. The van der Waals surface area contributed by atoms with Crippen molar-refractivity contribution in [2.45, 2.75) is 12.8 Å². The van der Waals surface area contributed by atoms with Gasteiger partial charge in [-0.05, 0) is 41.7 Å². The van der Waals surface area contributed by atoms with Gasteiger partial charge in [-0.1, -0.05) is 24.3 Å². The third-order valence-electron chi connectivity index (χ3n) is 4.64. The van der Waals surface area contributed by atoms with Gasteiger partial charge in [0.05, 0.1) is 12.8 Å². The number of aromatic amines is 1. The molecule has 1 aliphatic rings. The molecule has 126 valence electrons. The van der Waals surface area contributed by atoms with Crippen LogP contribution in [0.4, 0.5) is 4.39 Å². The summed E-state index contributed by atoms with van der Waals surface area (Å²) in [4.78, 5) is 14.9. The normalized spacial score (nSPS) is 12.4.